The highest BCUT2D eigenvalue weighted by atomic mass is 32.1. The fourth-order valence-electron chi connectivity index (χ4n) is 2.64. The Hall–Kier alpha value is -1.40. The largest absolute Gasteiger partial charge is 0.468 e. The van der Waals surface area contributed by atoms with Crippen LogP contribution < -0.4 is 0 Å². The summed E-state index contributed by atoms with van der Waals surface area (Å²) in [5.41, 5.74) is 1.39. The lowest BCUT2D eigenvalue weighted by molar-refractivity contribution is -0.146. The van der Waals surface area contributed by atoms with E-state index in [0.29, 0.717) is 12.5 Å². The van der Waals surface area contributed by atoms with Crippen molar-refractivity contribution in [1.29, 1.82) is 0 Å². The van der Waals surface area contributed by atoms with Crippen molar-refractivity contribution in [1.82, 2.24) is 9.80 Å². The average molecular weight is 310 g/mol. The van der Waals surface area contributed by atoms with Crippen LogP contribution in [0, 0.1) is 0 Å². The molecule has 0 saturated heterocycles. The summed E-state index contributed by atoms with van der Waals surface area (Å²) in [6, 6.07) is 2.54. The summed E-state index contributed by atoms with van der Waals surface area (Å²) >= 11 is 1.82. The lowest BCUT2D eigenvalue weighted by Gasteiger charge is -2.33. The van der Waals surface area contributed by atoms with Gasteiger partial charge in [0.15, 0.2) is 0 Å². The highest BCUT2D eigenvalue weighted by molar-refractivity contribution is 7.10. The standard InChI is InChI=1S/C15H22N2O3S/c1-11-12-6-9-21-13(12)4-7-17(11)8-5-14(18)16(2)10-15(19)20-3/h6,9,11H,4-5,7-8,10H2,1-3H3/t11-/m1/s1. The van der Waals surface area contributed by atoms with Gasteiger partial charge in [0.1, 0.15) is 6.54 Å². The van der Waals surface area contributed by atoms with Gasteiger partial charge in [-0.15, -0.1) is 11.3 Å². The zero-order valence-electron chi connectivity index (χ0n) is 12.8. The number of likely N-dealkylation sites (N-methyl/N-ethyl adjacent to an activating group) is 1. The molecule has 21 heavy (non-hydrogen) atoms. The first-order chi connectivity index (χ1) is 10.0. The molecule has 1 amide bonds. The average Bonchev–Trinajstić information content (AvgIpc) is 2.95. The molecule has 1 aromatic heterocycles. The molecule has 0 bridgehead atoms. The zero-order chi connectivity index (χ0) is 15.4. The van der Waals surface area contributed by atoms with E-state index >= 15 is 0 Å². The van der Waals surface area contributed by atoms with Gasteiger partial charge in [0.2, 0.25) is 5.91 Å². The third-order valence-electron chi connectivity index (χ3n) is 4.04. The molecule has 2 heterocycles. The first kappa shape index (κ1) is 16.0. The number of ether oxygens (including phenoxy) is 1. The van der Waals surface area contributed by atoms with Gasteiger partial charge < -0.3 is 9.64 Å². The van der Waals surface area contributed by atoms with E-state index in [4.69, 9.17) is 0 Å². The van der Waals surface area contributed by atoms with Crippen molar-refractivity contribution in [3.05, 3.63) is 21.9 Å². The Morgan fingerprint density at radius 3 is 3.00 bits per heavy atom. The van der Waals surface area contributed by atoms with Crippen molar-refractivity contribution in [2.75, 3.05) is 33.8 Å². The number of carbonyl (C=O) groups is 2. The van der Waals surface area contributed by atoms with Gasteiger partial charge in [-0.3, -0.25) is 14.5 Å². The summed E-state index contributed by atoms with van der Waals surface area (Å²) in [5, 5.41) is 2.14. The maximum atomic E-state index is 12.0. The molecule has 0 saturated carbocycles. The van der Waals surface area contributed by atoms with Crippen LogP contribution in [0.3, 0.4) is 0 Å². The first-order valence-electron chi connectivity index (χ1n) is 7.14. The molecule has 0 aliphatic carbocycles. The first-order valence-corrected chi connectivity index (χ1v) is 8.02. The third-order valence-corrected chi connectivity index (χ3v) is 5.03. The molecule has 0 fully saturated rings. The number of carbonyl (C=O) groups excluding carboxylic acids is 2. The number of fused-ring (bicyclic) bond motifs is 1. The molecule has 0 aromatic carbocycles. The molecule has 1 atom stereocenters. The maximum Gasteiger partial charge on any atom is 0.325 e. The summed E-state index contributed by atoms with van der Waals surface area (Å²) in [4.78, 5) is 28.4. The van der Waals surface area contributed by atoms with E-state index in [2.05, 4.69) is 28.0 Å². The Bertz CT molecular complexity index is 515. The summed E-state index contributed by atoms with van der Waals surface area (Å²) in [7, 11) is 2.96. The monoisotopic (exact) mass is 310 g/mol. The van der Waals surface area contributed by atoms with E-state index in [-0.39, 0.29) is 18.4 Å². The highest BCUT2D eigenvalue weighted by Gasteiger charge is 2.25. The van der Waals surface area contributed by atoms with E-state index in [1.165, 1.54) is 22.5 Å². The van der Waals surface area contributed by atoms with Gasteiger partial charge in [-0.2, -0.15) is 0 Å². The zero-order valence-corrected chi connectivity index (χ0v) is 13.6. The van der Waals surface area contributed by atoms with Crippen LogP contribution in [0.5, 0.6) is 0 Å². The van der Waals surface area contributed by atoms with Gasteiger partial charge in [-0.1, -0.05) is 0 Å². The molecule has 2 rings (SSSR count). The van der Waals surface area contributed by atoms with Crippen molar-refractivity contribution >= 4 is 23.2 Å². The lowest BCUT2D eigenvalue weighted by Crippen LogP contribution is -2.38. The Labute approximate surface area is 129 Å². The molecule has 0 spiro atoms. The Morgan fingerprint density at radius 2 is 2.29 bits per heavy atom. The van der Waals surface area contributed by atoms with Crippen LogP contribution in [0.4, 0.5) is 0 Å². The number of hydrogen-bond donors (Lipinski definition) is 0. The number of rotatable bonds is 5. The number of methoxy groups -OCH3 is 1. The second kappa shape index (κ2) is 7.04. The van der Waals surface area contributed by atoms with Crippen molar-refractivity contribution in [2.45, 2.75) is 25.8 Å². The molecule has 116 valence electrons. The van der Waals surface area contributed by atoms with Gasteiger partial charge >= 0.3 is 5.97 Å². The third kappa shape index (κ3) is 3.83. The molecule has 0 unspecified atom stereocenters. The van der Waals surface area contributed by atoms with E-state index in [0.717, 1.165) is 19.5 Å². The van der Waals surface area contributed by atoms with Crippen LogP contribution in [0.25, 0.3) is 0 Å². The molecule has 1 aromatic rings. The highest BCUT2D eigenvalue weighted by Crippen LogP contribution is 2.32. The van der Waals surface area contributed by atoms with Crippen LogP contribution >= 0.6 is 11.3 Å². The Morgan fingerprint density at radius 1 is 1.52 bits per heavy atom. The predicted octanol–water partition coefficient (Wildman–Crippen LogP) is 1.69. The van der Waals surface area contributed by atoms with Crippen LogP contribution in [0.1, 0.15) is 29.8 Å². The van der Waals surface area contributed by atoms with Gasteiger partial charge in [-0.05, 0) is 30.4 Å². The van der Waals surface area contributed by atoms with Gasteiger partial charge in [0, 0.05) is 37.5 Å². The minimum atomic E-state index is -0.389. The van der Waals surface area contributed by atoms with Gasteiger partial charge in [0.05, 0.1) is 7.11 Å². The fourth-order valence-corrected chi connectivity index (χ4v) is 3.61. The quantitative estimate of drug-likeness (QED) is 0.777. The number of hydrogen-bond acceptors (Lipinski definition) is 5. The summed E-state index contributed by atoms with van der Waals surface area (Å²) in [6.45, 7) is 3.91. The van der Waals surface area contributed by atoms with E-state index in [9.17, 15) is 9.59 Å². The fraction of sp³-hybridized carbons (Fsp3) is 0.600. The van der Waals surface area contributed by atoms with Crippen molar-refractivity contribution in [2.24, 2.45) is 0 Å². The van der Waals surface area contributed by atoms with Crippen LogP contribution in [-0.4, -0.2) is 55.5 Å². The lowest BCUT2D eigenvalue weighted by atomic mass is 10.0. The second-order valence-corrected chi connectivity index (χ2v) is 6.34. The van der Waals surface area contributed by atoms with E-state index in [1.54, 1.807) is 7.05 Å². The summed E-state index contributed by atoms with van der Waals surface area (Å²) < 4.78 is 4.57. The molecule has 0 radical (unpaired) electrons. The molecule has 6 heteroatoms. The van der Waals surface area contributed by atoms with Crippen LogP contribution in [0.2, 0.25) is 0 Å². The number of amides is 1. The van der Waals surface area contributed by atoms with E-state index in [1.807, 2.05) is 11.3 Å². The van der Waals surface area contributed by atoms with Crippen molar-refractivity contribution in [3.63, 3.8) is 0 Å². The van der Waals surface area contributed by atoms with E-state index < -0.39 is 0 Å². The Kier molecular flexibility index (Phi) is 5.36. The molecule has 5 nitrogen and oxygen atoms in total. The smallest absolute Gasteiger partial charge is 0.325 e. The number of esters is 1. The molecule has 0 N–H and O–H groups in total. The minimum absolute atomic E-state index is 0.0135. The topological polar surface area (TPSA) is 49.9 Å². The second-order valence-electron chi connectivity index (χ2n) is 5.34. The normalized spacial score (nSPS) is 18.1. The van der Waals surface area contributed by atoms with Gasteiger partial charge in [-0.25, -0.2) is 0 Å². The Balaban J connectivity index is 1.83. The maximum absolute atomic E-state index is 12.0. The minimum Gasteiger partial charge on any atom is -0.468 e. The van der Waals surface area contributed by atoms with Gasteiger partial charge in [0.25, 0.3) is 0 Å². The molecule has 1 aliphatic rings. The number of nitrogens with zero attached hydrogens (tertiary/aromatic N) is 2. The number of thiophene rings is 1. The summed E-state index contributed by atoms with van der Waals surface area (Å²) in [5.74, 6) is -0.413. The SMILES string of the molecule is COC(=O)CN(C)C(=O)CCN1CCc2sccc2[C@H]1C. The van der Waals surface area contributed by atoms with Crippen molar-refractivity contribution < 1.29 is 14.3 Å². The molecule has 1 aliphatic heterocycles. The summed E-state index contributed by atoms with van der Waals surface area (Å²) in [6.07, 6.45) is 1.49. The molecular weight excluding hydrogens is 288 g/mol. The van der Waals surface area contributed by atoms with Crippen LogP contribution in [0.15, 0.2) is 11.4 Å². The van der Waals surface area contributed by atoms with Crippen LogP contribution in [-0.2, 0) is 20.7 Å². The van der Waals surface area contributed by atoms with Crippen molar-refractivity contribution in [3.8, 4) is 0 Å². The molecular formula is C15H22N2O3S. The predicted molar refractivity (Wildman–Crippen MR) is 82.3 cm³/mol.